The van der Waals surface area contributed by atoms with Gasteiger partial charge in [0.1, 0.15) is 11.6 Å². The second-order valence-corrected chi connectivity index (χ2v) is 6.17. The third-order valence-electron chi connectivity index (χ3n) is 3.76. The van der Waals surface area contributed by atoms with Gasteiger partial charge in [-0.2, -0.15) is 0 Å². The molecule has 0 atom stereocenters. The average Bonchev–Trinajstić information content (AvgIpc) is 3.08. The summed E-state index contributed by atoms with van der Waals surface area (Å²) in [7, 11) is 0. The van der Waals surface area contributed by atoms with Crippen LogP contribution in [-0.2, 0) is 0 Å². The molecule has 0 bridgehead atoms. The number of halogens is 1. The van der Waals surface area contributed by atoms with E-state index >= 15 is 0 Å². The van der Waals surface area contributed by atoms with Gasteiger partial charge in [0.15, 0.2) is 5.13 Å². The highest BCUT2D eigenvalue weighted by molar-refractivity contribution is 7.13. The normalized spacial score (nSPS) is 16.0. The van der Waals surface area contributed by atoms with Crippen molar-refractivity contribution in [2.24, 2.45) is 0 Å². The van der Waals surface area contributed by atoms with E-state index in [-0.39, 0.29) is 5.82 Å². The molecule has 118 valence electrons. The Balaban J connectivity index is 1.33. The first-order valence-electron chi connectivity index (χ1n) is 7.56. The van der Waals surface area contributed by atoms with Crippen LogP contribution >= 0.6 is 11.3 Å². The quantitative estimate of drug-likeness (QED) is 0.765. The minimum Gasteiger partial charge on any atom is -0.494 e. The Morgan fingerprint density at radius 2 is 1.91 bits per heavy atom. The lowest BCUT2D eigenvalue weighted by Crippen LogP contribution is -2.46. The van der Waals surface area contributed by atoms with E-state index in [2.05, 4.69) is 14.8 Å². The lowest BCUT2D eigenvalue weighted by molar-refractivity contribution is 0.224. The molecule has 0 N–H and O–H groups in total. The largest absolute Gasteiger partial charge is 0.494 e. The van der Waals surface area contributed by atoms with Crippen LogP contribution in [0, 0.1) is 5.82 Å². The van der Waals surface area contributed by atoms with Gasteiger partial charge in [0.25, 0.3) is 0 Å². The molecule has 0 spiro atoms. The highest BCUT2D eigenvalue weighted by atomic mass is 32.1. The minimum absolute atomic E-state index is 0.231. The molecule has 2 heterocycles. The van der Waals surface area contributed by atoms with Gasteiger partial charge in [0, 0.05) is 44.3 Å². The number of anilines is 1. The number of nitrogens with zero attached hydrogens (tertiary/aromatic N) is 3. The molecule has 1 saturated heterocycles. The Kier molecular flexibility index (Phi) is 5.24. The molecule has 1 aliphatic heterocycles. The van der Waals surface area contributed by atoms with Gasteiger partial charge in [-0.05, 0) is 30.7 Å². The van der Waals surface area contributed by atoms with Crippen LogP contribution in [0.4, 0.5) is 9.52 Å². The smallest absolute Gasteiger partial charge is 0.185 e. The number of rotatable bonds is 6. The highest BCUT2D eigenvalue weighted by Crippen LogP contribution is 2.19. The second-order valence-electron chi connectivity index (χ2n) is 5.30. The molecule has 0 radical (unpaired) electrons. The van der Waals surface area contributed by atoms with Crippen LogP contribution in [0.3, 0.4) is 0 Å². The third-order valence-corrected chi connectivity index (χ3v) is 4.60. The van der Waals surface area contributed by atoms with Crippen LogP contribution in [-0.4, -0.2) is 49.2 Å². The van der Waals surface area contributed by atoms with Crippen molar-refractivity contribution in [2.45, 2.75) is 6.42 Å². The Bertz CT molecular complexity index is 553. The molecule has 1 aromatic carbocycles. The molecule has 1 aromatic heterocycles. The van der Waals surface area contributed by atoms with Gasteiger partial charge in [-0.3, -0.25) is 4.90 Å². The van der Waals surface area contributed by atoms with Crippen molar-refractivity contribution >= 4 is 16.5 Å². The van der Waals surface area contributed by atoms with Crippen LogP contribution in [0.5, 0.6) is 5.75 Å². The zero-order chi connectivity index (χ0) is 15.2. The monoisotopic (exact) mass is 321 g/mol. The van der Waals surface area contributed by atoms with Gasteiger partial charge >= 0.3 is 0 Å². The van der Waals surface area contributed by atoms with E-state index in [1.807, 2.05) is 11.6 Å². The van der Waals surface area contributed by atoms with Gasteiger partial charge < -0.3 is 9.64 Å². The van der Waals surface area contributed by atoms with Crippen molar-refractivity contribution < 1.29 is 9.13 Å². The SMILES string of the molecule is Fc1ccc(OCCCN2CCN(c3nccs3)CC2)cc1. The van der Waals surface area contributed by atoms with Crippen LogP contribution in [0.25, 0.3) is 0 Å². The number of ether oxygens (including phenoxy) is 1. The number of benzene rings is 1. The first-order chi connectivity index (χ1) is 10.8. The first-order valence-corrected chi connectivity index (χ1v) is 8.44. The number of aromatic nitrogens is 1. The third kappa shape index (κ3) is 4.18. The molecule has 0 unspecified atom stereocenters. The standard InChI is InChI=1S/C16H20FN3OS/c17-14-2-4-15(5-3-14)21-12-1-7-19-8-10-20(11-9-19)16-18-6-13-22-16/h2-6,13H,1,7-12H2. The zero-order valence-corrected chi connectivity index (χ0v) is 13.3. The summed E-state index contributed by atoms with van der Waals surface area (Å²) < 4.78 is 18.4. The second kappa shape index (κ2) is 7.56. The Morgan fingerprint density at radius 1 is 1.14 bits per heavy atom. The summed E-state index contributed by atoms with van der Waals surface area (Å²) in [6, 6.07) is 6.19. The van der Waals surface area contributed by atoms with Crippen molar-refractivity contribution in [3.8, 4) is 5.75 Å². The van der Waals surface area contributed by atoms with Crippen molar-refractivity contribution in [2.75, 3.05) is 44.2 Å². The van der Waals surface area contributed by atoms with Gasteiger partial charge in [-0.15, -0.1) is 11.3 Å². The van der Waals surface area contributed by atoms with Gasteiger partial charge in [-0.1, -0.05) is 0 Å². The Morgan fingerprint density at radius 3 is 2.59 bits per heavy atom. The Hall–Kier alpha value is -1.66. The van der Waals surface area contributed by atoms with E-state index < -0.39 is 0 Å². The predicted molar refractivity (Wildman–Crippen MR) is 87.3 cm³/mol. The zero-order valence-electron chi connectivity index (χ0n) is 12.4. The van der Waals surface area contributed by atoms with E-state index in [4.69, 9.17) is 4.74 Å². The van der Waals surface area contributed by atoms with Crippen LogP contribution in [0.2, 0.25) is 0 Å². The highest BCUT2D eigenvalue weighted by Gasteiger charge is 2.17. The van der Waals surface area contributed by atoms with E-state index in [0.29, 0.717) is 6.61 Å². The fraction of sp³-hybridized carbons (Fsp3) is 0.438. The Labute approximate surface area is 134 Å². The molecule has 0 aliphatic carbocycles. The average molecular weight is 321 g/mol. The summed E-state index contributed by atoms with van der Waals surface area (Å²) in [6.45, 7) is 5.90. The number of hydrogen-bond acceptors (Lipinski definition) is 5. The van der Waals surface area contributed by atoms with E-state index in [1.54, 1.807) is 23.5 Å². The summed E-state index contributed by atoms with van der Waals surface area (Å²) in [5.41, 5.74) is 0. The fourth-order valence-electron chi connectivity index (χ4n) is 2.54. The lowest BCUT2D eigenvalue weighted by atomic mass is 10.3. The van der Waals surface area contributed by atoms with Crippen molar-refractivity contribution in [3.05, 3.63) is 41.7 Å². The van der Waals surface area contributed by atoms with Crippen LogP contribution in [0.15, 0.2) is 35.8 Å². The lowest BCUT2D eigenvalue weighted by Gasteiger charge is -2.34. The molecule has 0 amide bonds. The predicted octanol–water partition coefficient (Wildman–Crippen LogP) is 2.87. The van der Waals surface area contributed by atoms with Gasteiger partial charge in [-0.25, -0.2) is 9.37 Å². The summed E-state index contributed by atoms with van der Waals surface area (Å²) in [5, 5.41) is 3.15. The number of piperazine rings is 1. The molecule has 22 heavy (non-hydrogen) atoms. The maximum atomic E-state index is 12.8. The molecule has 0 saturated carbocycles. The fourth-order valence-corrected chi connectivity index (χ4v) is 3.24. The van der Waals surface area contributed by atoms with Crippen molar-refractivity contribution in [1.29, 1.82) is 0 Å². The first kappa shape index (κ1) is 15.2. The summed E-state index contributed by atoms with van der Waals surface area (Å²) in [5.74, 6) is 0.500. The molecule has 1 aliphatic rings. The topological polar surface area (TPSA) is 28.6 Å². The van der Waals surface area contributed by atoms with Crippen LogP contribution < -0.4 is 9.64 Å². The molecular weight excluding hydrogens is 301 g/mol. The van der Waals surface area contributed by atoms with Crippen molar-refractivity contribution in [3.63, 3.8) is 0 Å². The molecule has 4 nitrogen and oxygen atoms in total. The minimum atomic E-state index is -0.231. The number of hydrogen-bond donors (Lipinski definition) is 0. The molecule has 6 heteroatoms. The van der Waals surface area contributed by atoms with Crippen LogP contribution in [0.1, 0.15) is 6.42 Å². The summed E-state index contributed by atoms with van der Waals surface area (Å²) in [6.07, 6.45) is 2.84. The maximum Gasteiger partial charge on any atom is 0.185 e. The van der Waals surface area contributed by atoms with E-state index in [9.17, 15) is 4.39 Å². The molecule has 3 rings (SSSR count). The van der Waals surface area contributed by atoms with Gasteiger partial charge in [0.2, 0.25) is 0 Å². The summed E-state index contributed by atoms with van der Waals surface area (Å²) in [4.78, 5) is 9.16. The summed E-state index contributed by atoms with van der Waals surface area (Å²) >= 11 is 1.70. The van der Waals surface area contributed by atoms with Gasteiger partial charge in [0.05, 0.1) is 6.61 Å². The van der Waals surface area contributed by atoms with E-state index in [0.717, 1.165) is 50.0 Å². The number of thiazole rings is 1. The molecule has 2 aromatic rings. The molecule has 1 fully saturated rings. The molecular formula is C16H20FN3OS. The maximum absolute atomic E-state index is 12.8. The van der Waals surface area contributed by atoms with Crippen molar-refractivity contribution in [1.82, 2.24) is 9.88 Å². The van der Waals surface area contributed by atoms with E-state index in [1.165, 1.54) is 12.1 Å².